The first-order valence-corrected chi connectivity index (χ1v) is 15.6. The molecule has 232 valence electrons. The van der Waals surface area contributed by atoms with Gasteiger partial charge in [-0.25, -0.2) is 0 Å². The molecule has 44 heavy (non-hydrogen) atoms. The molecule has 1 aliphatic carbocycles. The molecule has 0 unspecified atom stereocenters. The zero-order valence-electron chi connectivity index (χ0n) is 25.2. The number of hydrogen-bond acceptors (Lipinski definition) is 7. The summed E-state index contributed by atoms with van der Waals surface area (Å²) in [6.45, 7) is 4.74. The molecule has 2 aromatic carbocycles. The smallest absolute Gasteiger partial charge is 0.246 e. The number of fused-ring (bicyclic) bond motifs is 2. The van der Waals surface area contributed by atoms with E-state index >= 15 is 0 Å². The molecule has 2 saturated heterocycles. The molecular formula is C34H39N3O7. The average Bonchev–Trinajstić information content (AvgIpc) is 3.67. The van der Waals surface area contributed by atoms with Crippen LogP contribution in [0.2, 0.25) is 0 Å². The van der Waals surface area contributed by atoms with E-state index in [2.05, 4.69) is 24.5 Å². The largest absolute Gasteiger partial charge is 0.497 e. The average molecular weight is 602 g/mol. The van der Waals surface area contributed by atoms with E-state index in [9.17, 15) is 14.4 Å². The molecule has 0 aromatic heterocycles. The van der Waals surface area contributed by atoms with Crippen molar-refractivity contribution in [1.29, 1.82) is 0 Å². The third-order valence-corrected chi connectivity index (χ3v) is 10.3. The molecule has 9 atom stereocenters. The predicted octanol–water partition coefficient (Wildman–Crippen LogP) is 3.57. The number of ether oxygens (including phenoxy) is 4. The number of rotatable bonds is 7. The number of anilines is 1. The van der Waals surface area contributed by atoms with Crippen molar-refractivity contribution in [2.75, 3.05) is 25.6 Å². The quantitative estimate of drug-likeness (QED) is 0.467. The van der Waals surface area contributed by atoms with Crippen molar-refractivity contribution in [3.63, 3.8) is 0 Å². The number of carbonyl (C=O) groups is 3. The zero-order chi connectivity index (χ0) is 30.6. The van der Waals surface area contributed by atoms with Crippen molar-refractivity contribution in [3.05, 3.63) is 60.7 Å². The van der Waals surface area contributed by atoms with Gasteiger partial charge in [-0.05, 0) is 54.7 Å². The summed E-state index contributed by atoms with van der Waals surface area (Å²) >= 11 is 0. The highest BCUT2D eigenvalue weighted by Gasteiger charge is 2.73. The number of benzene rings is 2. The second-order valence-electron chi connectivity index (χ2n) is 12.8. The lowest BCUT2D eigenvalue weighted by molar-refractivity contribution is -0.143. The molecule has 7 rings (SSSR count). The number of hydrogen-bond donors (Lipinski definition) is 2. The van der Waals surface area contributed by atoms with Crippen molar-refractivity contribution in [3.8, 4) is 17.2 Å². The topological polar surface area (TPSA) is 115 Å². The highest BCUT2D eigenvalue weighted by molar-refractivity contribution is 6.02. The van der Waals surface area contributed by atoms with Gasteiger partial charge in [-0.15, -0.1) is 0 Å². The Hall–Kier alpha value is -4.05. The van der Waals surface area contributed by atoms with Crippen LogP contribution in [0.1, 0.15) is 33.1 Å². The maximum absolute atomic E-state index is 14.4. The van der Waals surface area contributed by atoms with E-state index in [1.165, 1.54) is 0 Å². The minimum absolute atomic E-state index is 0.00320. The van der Waals surface area contributed by atoms with Gasteiger partial charge in [0.05, 0.1) is 31.6 Å². The molecule has 5 aliphatic rings. The zero-order valence-corrected chi connectivity index (χ0v) is 25.2. The van der Waals surface area contributed by atoms with Crippen LogP contribution in [0.25, 0.3) is 0 Å². The number of amides is 3. The van der Waals surface area contributed by atoms with Crippen LogP contribution in [0.3, 0.4) is 0 Å². The third kappa shape index (κ3) is 4.70. The molecule has 4 aliphatic heterocycles. The second kappa shape index (κ2) is 11.1. The van der Waals surface area contributed by atoms with Gasteiger partial charge in [0, 0.05) is 11.7 Å². The monoisotopic (exact) mass is 601 g/mol. The predicted molar refractivity (Wildman–Crippen MR) is 161 cm³/mol. The van der Waals surface area contributed by atoms with E-state index in [-0.39, 0.29) is 36.9 Å². The van der Waals surface area contributed by atoms with Crippen molar-refractivity contribution in [1.82, 2.24) is 10.2 Å². The third-order valence-electron chi connectivity index (χ3n) is 10.3. The Kier molecular flexibility index (Phi) is 7.27. The van der Waals surface area contributed by atoms with Crippen LogP contribution in [0.5, 0.6) is 17.2 Å². The van der Waals surface area contributed by atoms with Gasteiger partial charge in [0.1, 0.15) is 24.0 Å². The summed E-state index contributed by atoms with van der Waals surface area (Å²) in [5.74, 6) is 0.156. The minimum atomic E-state index is -1.26. The molecule has 2 bridgehead atoms. The summed E-state index contributed by atoms with van der Waals surface area (Å²) in [6.07, 6.45) is 5.60. The molecule has 3 amide bonds. The van der Waals surface area contributed by atoms with Crippen molar-refractivity contribution < 1.29 is 33.3 Å². The highest BCUT2D eigenvalue weighted by Crippen LogP contribution is 2.55. The fourth-order valence-corrected chi connectivity index (χ4v) is 7.78. The van der Waals surface area contributed by atoms with Gasteiger partial charge in [0.25, 0.3) is 0 Å². The molecule has 10 heteroatoms. The van der Waals surface area contributed by atoms with Crippen LogP contribution in [0.4, 0.5) is 5.69 Å². The van der Waals surface area contributed by atoms with Gasteiger partial charge < -0.3 is 34.5 Å². The Labute approximate surface area is 257 Å². The minimum Gasteiger partial charge on any atom is -0.497 e. The lowest BCUT2D eigenvalue weighted by Crippen LogP contribution is -2.59. The van der Waals surface area contributed by atoms with Gasteiger partial charge >= 0.3 is 0 Å². The molecule has 1 saturated carbocycles. The van der Waals surface area contributed by atoms with E-state index in [0.717, 1.165) is 19.3 Å². The molecular weight excluding hydrogens is 562 g/mol. The first-order valence-electron chi connectivity index (χ1n) is 15.6. The SMILES string of the molecule is COc1ccc(NC(=O)[C@H]2[C@H]3C=C[C@@]4(O3)[C@H]2C(=O)N(C[C@@H]2COc3ccccc3O2)[C@@H]4C(=O)N[C@@H]2CCC[C@@H](C)[C@H]2C)cc1. The normalized spacial score (nSPS) is 34.9. The number of carbonyl (C=O) groups excluding carboxylic acids is 3. The summed E-state index contributed by atoms with van der Waals surface area (Å²) in [4.78, 5) is 44.1. The van der Waals surface area contributed by atoms with Crippen LogP contribution in [0, 0.1) is 23.7 Å². The Morgan fingerprint density at radius 1 is 1.05 bits per heavy atom. The maximum Gasteiger partial charge on any atom is 0.246 e. The maximum atomic E-state index is 14.4. The Morgan fingerprint density at radius 2 is 1.82 bits per heavy atom. The molecule has 1 spiro atoms. The molecule has 4 heterocycles. The molecule has 2 aromatic rings. The number of methoxy groups -OCH3 is 1. The number of likely N-dealkylation sites (tertiary alicyclic amines) is 1. The lowest BCUT2D eigenvalue weighted by atomic mass is 9.73. The Morgan fingerprint density at radius 3 is 2.59 bits per heavy atom. The van der Waals surface area contributed by atoms with Crippen LogP contribution in [0.15, 0.2) is 60.7 Å². The van der Waals surface area contributed by atoms with Gasteiger partial charge in [-0.1, -0.05) is 51.0 Å². The van der Waals surface area contributed by atoms with E-state index in [4.69, 9.17) is 18.9 Å². The summed E-state index contributed by atoms with van der Waals surface area (Å²) < 4.78 is 23.9. The first-order chi connectivity index (χ1) is 21.3. The standard InChI is InChI=1S/C34H39N3O7/c1-19-7-6-8-24(20(19)2)36-32(39)30-34-16-15-27(44-34)28(31(38)35-21-11-13-22(41-3)14-12-21)29(34)33(40)37(30)17-23-18-42-25-9-4-5-10-26(25)43-23/h4-5,9-16,19-20,23-24,27-30H,6-8,17-18H2,1-3H3,(H,35,38)(H,36,39)/t19-,20-,23-,24-,27-,28+,29-,30-,34-/m1/s1. The highest BCUT2D eigenvalue weighted by atomic mass is 16.6. The summed E-state index contributed by atoms with van der Waals surface area (Å²) in [6, 6.07) is 13.5. The molecule has 0 radical (unpaired) electrons. The van der Waals surface area contributed by atoms with E-state index < -0.39 is 35.7 Å². The van der Waals surface area contributed by atoms with Crippen LogP contribution in [-0.2, 0) is 19.1 Å². The first kappa shape index (κ1) is 28.7. The number of para-hydroxylation sites is 2. The van der Waals surface area contributed by atoms with Crippen LogP contribution >= 0.6 is 0 Å². The van der Waals surface area contributed by atoms with Gasteiger partial charge in [-0.3, -0.25) is 14.4 Å². The lowest BCUT2D eigenvalue weighted by Gasteiger charge is -2.38. The van der Waals surface area contributed by atoms with Gasteiger partial charge in [0.15, 0.2) is 17.6 Å². The molecule has 10 nitrogen and oxygen atoms in total. The number of nitrogens with one attached hydrogen (secondary N) is 2. The Balaban J connectivity index is 1.18. The van der Waals surface area contributed by atoms with Crippen molar-refractivity contribution >= 4 is 23.4 Å². The van der Waals surface area contributed by atoms with Crippen molar-refractivity contribution in [2.24, 2.45) is 23.7 Å². The van der Waals surface area contributed by atoms with E-state index in [1.54, 1.807) is 36.3 Å². The molecule has 3 fully saturated rings. The van der Waals surface area contributed by atoms with Gasteiger partial charge in [0.2, 0.25) is 17.7 Å². The second-order valence-corrected chi connectivity index (χ2v) is 12.8. The summed E-state index contributed by atoms with van der Waals surface area (Å²) in [5, 5.41) is 6.25. The molecule has 2 N–H and O–H groups in total. The fraction of sp³-hybridized carbons (Fsp3) is 0.500. The summed E-state index contributed by atoms with van der Waals surface area (Å²) in [5.41, 5.74) is -0.676. The van der Waals surface area contributed by atoms with Gasteiger partial charge in [-0.2, -0.15) is 0 Å². The van der Waals surface area contributed by atoms with E-state index in [1.807, 2.05) is 36.4 Å². The van der Waals surface area contributed by atoms with Crippen molar-refractivity contribution in [2.45, 2.75) is 63.0 Å². The fourth-order valence-electron chi connectivity index (χ4n) is 7.78. The summed E-state index contributed by atoms with van der Waals surface area (Å²) in [7, 11) is 1.58. The van der Waals surface area contributed by atoms with Crippen LogP contribution in [-0.4, -0.2) is 72.8 Å². The van der Waals surface area contributed by atoms with Crippen LogP contribution < -0.4 is 24.8 Å². The Bertz CT molecular complexity index is 1480. The van der Waals surface area contributed by atoms with E-state index in [0.29, 0.717) is 34.8 Å². The number of nitrogens with zero attached hydrogens (tertiary/aromatic N) is 1.